The molecular formula is C10H17N3O3. The number of hydrogen-bond acceptors (Lipinski definition) is 4. The lowest BCUT2D eigenvalue weighted by Gasteiger charge is -2.13. The van der Waals surface area contributed by atoms with Crippen LogP contribution in [0.5, 0.6) is 0 Å². The molecule has 0 saturated heterocycles. The van der Waals surface area contributed by atoms with Crippen LogP contribution in [-0.2, 0) is 11.2 Å². The highest BCUT2D eigenvalue weighted by molar-refractivity contribution is 5.79. The highest BCUT2D eigenvalue weighted by atomic mass is 16.3. The molecule has 0 saturated carbocycles. The van der Waals surface area contributed by atoms with Crippen LogP contribution in [0, 0.1) is 13.8 Å². The minimum atomic E-state index is -0.597. The molecule has 4 N–H and O–H groups in total. The smallest absolute Gasteiger partial charge is 0.224 e. The third-order valence-electron chi connectivity index (χ3n) is 2.42. The first-order chi connectivity index (χ1) is 7.58. The van der Waals surface area contributed by atoms with Gasteiger partial charge in [0, 0.05) is 11.3 Å². The quantitative estimate of drug-likeness (QED) is 0.520. The van der Waals surface area contributed by atoms with E-state index in [2.05, 4.69) is 15.5 Å². The lowest BCUT2D eigenvalue weighted by atomic mass is 10.1. The van der Waals surface area contributed by atoms with Crippen molar-refractivity contribution >= 4 is 5.91 Å². The molecule has 0 atom stereocenters. The van der Waals surface area contributed by atoms with Crippen molar-refractivity contribution in [3.8, 4) is 0 Å². The number of aliphatic hydroxyl groups is 2. The maximum Gasteiger partial charge on any atom is 0.224 e. The van der Waals surface area contributed by atoms with Gasteiger partial charge in [-0.05, 0) is 13.8 Å². The molecule has 0 unspecified atom stereocenters. The number of nitrogens with zero attached hydrogens (tertiary/aromatic N) is 1. The summed E-state index contributed by atoms with van der Waals surface area (Å²) in [6.07, 6.45) is 0.199. The number of aromatic nitrogens is 2. The van der Waals surface area contributed by atoms with Gasteiger partial charge in [0.05, 0.1) is 31.4 Å². The fourth-order valence-electron chi connectivity index (χ4n) is 1.42. The van der Waals surface area contributed by atoms with E-state index in [1.54, 1.807) is 0 Å². The lowest BCUT2D eigenvalue weighted by Crippen LogP contribution is -2.40. The topological polar surface area (TPSA) is 98.2 Å². The maximum atomic E-state index is 11.6. The van der Waals surface area contributed by atoms with Gasteiger partial charge in [0.1, 0.15) is 0 Å². The lowest BCUT2D eigenvalue weighted by molar-refractivity contribution is -0.121. The first-order valence-electron chi connectivity index (χ1n) is 5.10. The molecule has 6 nitrogen and oxygen atoms in total. The van der Waals surface area contributed by atoms with Gasteiger partial charge in [-0.25, -0.2) is 0 Å². The Kier molecular flexibility index (Phi) is 4.45. The van der Waals surface area contributed by atoms with E-state index in [0.29, 0.717) is 0 Å². The molecule has 1 amide bonds. The van der Waals surface area contributed by atoms with Crippen LogP contribution in [0.2, 0.25) is 0 Å². The van der Waals surface area contributed by atoms with Gasteiger partial charge in [-0.3, -0.25) is 9.89 Å². The van der Waals surface area contributed by atoms with Crippen LogP contribution in [-0.4, -0.2) is 45.6 Å². The number of aliphatic hydroxyl groups excluding tert-OH is 2. The molecule has 1 aromatic rings. The Morgan fingerprint density at radius 2 is 2.06 bits per heavy atom. The number of amides is 1. The van der Waals surface area contributed by atoms with Crippen LogP contribution >= 0.6 is 0 Å². The fourth-order valence-corrected chi connectivity index (χ4v) is 1.42. The third-order valence-corrected chi connectivity index (χ3v) is 2.42. The van der Waals surface area contributed by atoms with Crippen LogP contribution < -0.4 is 5.32 Å². The summed E-state index contributed by atoms with van der Waals surface area (Å²) in [7, 11) is 0. The standard InChI is InChI=1S/C10H17N3O3/c1-6-9(7(2)13-12-6)3-10(16)11-8(4-14)5-15/h8,14-15H,3-5H2,1-2H3,(H,11,16)(H,12,13). The van der Waals surface area contributed by atoms with Gasteiger partial charge in [0.2, 0.25) is 5.91 Å². The summed E-state index contributed by atoms with van der Waals surface area (Å²) in [4.78, 5) is 11.6. The largest absolute Gasteiger partial charge is 0.394 e. The Morgan fingerprint density at radius 3 is 2.50 bits per heavy atom. The van der Waals surface area contributed by atoms with Crippen molar-refractivity contribution in [1.82, 2.24) is 15.5 Å². The molecule has 0 bridgehead atoms. The van der Waals surface area contributed by atoms with E-state index in [-0.39, 0.29) is 25.5 Å². The van der Waals surface area contributed by atoms with Crippen molar-refractivity contribution in [3.05, 3.63) is 17.0 Å². The predicted octanol–water partition coefficient (Wildman–Crippen LogP) is -0.962. The summed E-state index contributed by atoms with van der Waals surface area (Å²) in [5.41, 5.74) is 2.50. The highest BCUT2D eigenvalue weighted by Crippen LogP contribution is 2.09. The summed E-state index contributed by atoms with van der Waals surface area (Å²) in [6.45, 7) is 3.12. The van der Waals surface area contributed by atoms with Gasteiger partial charge < -0.3 is 15.5 Å². The Labute approximate surface area is 93.7 Å². The van der Waals surface area contributed by atoms with E-state index in [1.165, 1.54) is 0 Å². The van der Waals surface area contributed by atoms with E-state index in [0.717, 1.165) is 17.0 Å². The van der Waals surface area contributed by atoms with Gasteiger partial charge in [-0.1, -0.05) is 0 Å². The summed E-state index contributed by atoms with van der Waals surface area (Å²) in [5, 5.41) is 26.9. The van der Waals surface area contributed by atoms with Gasteiger partial charge in [-0.15, -0.1) is 0 Å². The molecule has 1 rings (SSSR count). The zero-order chi connectivity index (χ0) is 12.1. The molecule has 0 radical (unpaired) electrons. The average Bonchev–Trinajstić information content (AvgIpc) is 2.57. The number of aromatic amines is 1. The van der Waals surface area contributed by atoms with E-state index in [9.17, 15) is 4.79 Å². The highest BCUT2D eigenvalue weighted by Gasteiger charge is 2.14. The zero-order valence-electron chi connectivity index (χ0n) is 9.45. The van der Waals surface area contributed by atoms with E-state index < -0.39 is 6.04 Å². The Hall–Kier alpha value is -1.40. The molecule has 0 fully saturated rings. The number of rotatable bonds is 5. The second-order valence-corrected chi connectivity index (χ2v) is 3.72. The first-order valence-corrected chi connectivity index (χ1v) is 5.10. The SMILES string of the molecule is Cc1n[nH]c(C)c1CC(=O)NC(CO)CO. The molecule has 0 aliphatic rings. The summed E-state index contributed by atoms with van der Waals surface area (Å²) in [6, 6.07) is -0.597. The molecule has 6 heteroatoms. The number of carbonyl (C=O) groups excluding carboxylic acids is 1. The number of H-pyrrole nitrogens is 1. The van der Waals surface area contributed by atoms with Gasteiger partial charge in [0.15, 0.2) is 0 Å². The van der Waals surface area contributed by atoms with Crippen molar-refractivity contribution in [2.45, 2.75) is 26.3 Å². The zero-order valence-corrected chi connectivity index (χ0v) is 9.45. The normalized spacial score (nSPS) is 10.8. The Morgan fingerprint density at radius 1 is 1.44 bits per heavy atom. The second-order valence-electron chi connectivity index (χ2n) is 3.72. The molecular weight excluding hydrogens is 210 g/mol. The van der Waals surface area contributed by atoms with E-state index >= 15 is 0 Å². The number of nitrogens with one attached hydrogen (secondary N) is 2. The minimum Gasteiger partial charge on any atom is -0.394 e. The van der Waals surface area contributed by atoms with Crippen LogP contribution in [0.4, 0.5) is 0 Å². The molecule has 0 aliphatic heterocycles. The average molecular weight is 227 g/mol. The van der Waals surface area contributed by atoms with Crippen molar-refractivity contribution in [1.29, 1.82) is 0 Å². The molecule has 0 aliphatic carbocycles. The molecule has 16 heavy (non-hydrogen) atoms. The predicted molar refractivity (Wildman–Crippen MR) is 57.9 cm³/mol. The minimum absolute atomic E-state index is 0.199. The monoisotopic (exact) mass is 227 g/mol. The Balaban J connectivity index is 2.58. The van der Waals surface area contributed by atoms with Crippen molar-refractivity contribution in [2.24, 2.45) is 0 Å². The molecule has 0 aromatic carbocycles. The van der Waals surface area contributed by atoms with E-state index in [4.69, 9.17) is 10.2 Å². The number of aryl methyl sites for hydroxylation is 2. The van der Waals surface area contributed by atoms with Crippen LogP contribution in [0.3, 0.4) is 0 Å². The maximum absolute atomic E-state index is 11.6. The summed E-state index contributed by atoms with van der Waals surface area (Å²) >= 11 is 0. The Bertz CT molecular complexity index is 339. The summed E-state index contributed by atoms with van der Waals surface area (Å²) < 4.78 is 0. The van der Waals surface area contributed by atoms with Crippen molar-refractivity contribution in [3.63, 3.8) is 0 Å². The fraction of sp³-hybridized carbons (Fsp3) is 0.600. The summed E-state index contributed by atoms with van der Waals surface area (Å²) in [5.74, 6) is -0.235. The van der Waals surface area contributed by atoms with Gasteiger partial charge in [0.25, 0.3) is 0 Å². The molecule has 1 heterocycles. The van der Waals surface area contributed by atoms with Crippen LogP contribution in [0.15, 0.2) is 0 Å². The van der Waals surface area contributed by atoms with Crippen molar-refractivity contribution in [2.75, 3.05) is 13.2 Å². The second kappa shape index (κ2) is 5.62. The van der Waals surface area contributed by atoms with E-state index in [1.807, 2.05) is 13.8 Å². The number of hydrogen-bond donors (Lipinski definition) is 4. The molecule has 1 aromatic heterocycles. The van der Waals surface area contributed by atoms with Crippen LogP contribution in [0.1, 0.15) is 17.0 Å². The first kappa shape index (κ1) is 12.7. The van der Waals surface area contributed by atoms with Gasteiger partial charge >= 0.3 is 0 Å². The van der Waals surface area contributed by atoms with Crippen molar-refractivity contribution < 1.29 is 15.0 Å². The molecule has 0 spiro atoms. The van der Waals surface area contributed by atoms with Gasteiger partial charge in [-0.2, -0.15) is 5.10 Å². The number of carbonyl (C=O) groups is 1. The van der Waals surface area contributed by atoms with Crippen LogP contribution in [0.25, 0.3) is 0 Å². The third kappa shape index (κ3) is 3.04. The molecule has 90 valence electrons.